The van der Waals surface area contributed by atoms with Crippen LogP contribution >= 0.6 is 0 Å². The number of halogens is 1. The molecule has 3 heterocycles. The summed E-state index contributed by atoms with van der Waals surface area (Å²) in [7, 11) is 3.11. The lowest BCUT2D eigenvalue weighted by Crippen LogP contribution is -2.29. The summed E-state index contributed by atoms with van der Waals surface area (Å²) in [5, 5.41) is 1.83. The molecule has 6 nitrogen and oxygen atoms in total. The van der Waals surface area contributed by atoms with Gasteiger partial charge in [0.25, 0.3) is 0 Å². The molecule has 2 aliphatic rings. The first-order valence-electron chi connectivity index (χ1n) is 10.3. The molecular formula is C23H33FN6. The first kappa shape index (κ1) is 23.6. The van der Waals surface area contributed by atoms with Gasteiger partial charge in [0.1, 0.15) is 5.65 Å². The quantitative estimate of drug-likeness (QED) is 0.233. The molecule has 0 bridgehead atoms. The second-order valence-corrected chi connectivity index (χ2v) is 7.08. The number of allylic oxidation sites excluding steroid dienone is 1. The number of nitrogens with two attached hydrogens (primary N) is 1. The Labute approximate surface area is 178 Å². The molecule has 0 radical (unpaired) electrons. The fraction of sp³-hybridized carbons (Fsp3) is 0.391. The lowest BCUT2D eigenvalue weighted by molar-refractivity contribution is 0.0304. The van der Waals surface area contributed by atoms with Crippen molar-refractivity contribution in [3.05, 3.63) is 61.1 Å². The maximum atomic E-state index is 13.5. The van der Waals surface area contributed by atoms with Gasteiger partial charge in [-0.2, -0.15) is 0 Å². The van der Waals surface area contributed by atoms with Crippen molar-refractivity contribution in [1.82, 2.24) is 20.5 Å². The zero-order chi connectivity index (χ0) is 21.9. The van der Waals surface area contributed by atoms with Crippen LogP contribution in [0, 0.1) is 0 Å². The zero-order valence-corrected chi connectivity index (χ0v) is 18.0. The van der Waals surface area contributed by atoms with Crippen LogP contribution in [0.15, 0.2) is 55.6 Å². The predicted octanol–water partition coefficient (Wildman–Crippen LogP) is 4.12. The number of aromatic amines is 1. The van der Waals surface area contributed by atoms with E-state index in [-0.39, 0.29) is 6.04 Å². The molecule has 1 atom stereocenters. The number of hydrazine groups is 1. The van der Waals surface area contributed by atoms with E-state index in [1.165, 1.54) is 32.0 Å². The average Bonchev–Trinajstić information content (AvgIpc) is 3.04. The first-order chi connectivity index (χ1) is 14.6. The number of rotatable bonds is 3. The van der Waals surface area contributed by atoms with Crippen LogP contribution in [-0.4, -0.2) is 48.3 Å². The van der Waals surface area contributed by atoms with Crippen LogP contribution in [0.3, 0.4) is 0 Å². The van der Waals surface area contributed by atoms with Gasteiger partial charge in [-0.1, -0.05) is 6.08 Å². The maximum Gasteiger partial charge on any atom is 0.138 e. The molecule has 1 unspecified atom stereocenters. The number of anilines is 1. The summed E-state index contributed by atoms with van der Waals surface area (Å²) in [6.45, 7) is 8.19. The molecule has 2 aromatic rings. The molecular weight excluding hydrogens is 379 g/mol. The number of pyridine rings is 1. The number of piperidine rings is 1. The summed E-state index contributed by atoms with van der Waals surface area (Å²) in [5.41, 5.74) is 9.65. The maximum absolute atomic E-state index is 13.5. The molecule has 0 aromatic carbocycles. The fourth-order valence-corrected chi connectivity index (χ4v) is 3.60. The molecule has 1 saturated heterocycles. The van der Waals surface area contributed by atoms with Crippen molar-refractivity contribution < 1.29 is 4.48 Å². The predicted molar refractivity (Wildman–Crippen MR) is 125 cm³/mol. The van der Waals surface area contributed by atoms with Gasteiger partial charge in [0, 0.05) is 42.9 Å². The largest absolute Gasteiger partial charge is 0.370 e. The smallest absolute Gasteiger partial charge is 0.138 e. The second-order valence-electron chi connectivity index (χ2n) is 7.08. The summed E-state index contributed by atoms with van der Waals surface area (Å²) in [6, 6.07) is 1.98. The first-order valence-corrected chi connectivity index (χ1v) is 10.3. The van der Waals surface area contributed by atoms with Crippen LogP contribution in [0.5, 0.6) is 0 Å². The van der Waals surface area contributed by atoms with Crippen LogP contribution in [0.25, 0.3) is 16.6 Å². The minimum Gasteiger partial charge on any atom is -0.370 e. The number of hydrogen-bond donors (Lipinski definition) is 3. The summed E-state index contributed by atoms with van der Waals surface area (Å²) >= 11 is 0. The van der Waals surface area contributed by atoms with Gasteiger partial charge in [0.15, 0.2) is 0 Å². The van der Waals surface area contributed by atoms with Crippen molar-refractivity contribution in [3.63, 3.8) is 0 Å². The number of aromatic nitrogens is 2. The van der Waals surface area contributed by atoms with E-state index in [0.29, 0.717) is 6.42 Å². The molecule has 4 N–H and O–H groups in total. The Hall–Kier alpha value is -2.70. The number of H-pyrrole nitrogens is 1. The fourth-order valence-electron chi connectivity index (χ4n) is 3.60. The molecule has 0 amide bonds. The third-order valence-electron chi connectivity index (χ3n) is 5.09. The van der Waals surface area contributed by atoms with Crippen LogP contribution in [0.2, 0.25) is 0 Å². The molecule has 1 aliphatic heterocycles. The second kappa shape index (κ2) is 12.1. The topological polar surface area (TPSA) is 73.2 Å². The average molecular weight is 413 g/mol. The molecule has 1 fully saturated rings. The van der Waals surface area contributed by atoms with E-state index < -0.39 is 0 Å². The van der Waals surface area contributed by atoms with Crippen molar-refractivity contribution in [2.24, 2.45) is 5.84 Å². The number of fused-ring (bicyclic) bond motifs is 1. The Morgan fingerprint density at radius 3 is 2.70 bits per heavy atom. The minimum atomic E-state index is -0.239. The minimum absolute atomic E-state index is 0.239. The summed E-state index contributed by atoms with van der Waals surface area (Å²) in [6.07, 6.45) is 14.1. The Bertz CT molecular complexity index is 888. The Morgan fingerprint density at radius 2 is 2.03 bits per heavy atom. The van der Waals surface area contributed by atoms with Crippen LogP contribution in [-0.2, 0) is 0 Å². The molecule has 30 heavy (non-hydrogen) atoms. The van der Waals surface area contributed by atoms with Gasteiger partial charge in [0.2, 0.25) is 0 Å². The molecule has 1 aliphatic carbocycles. The normalized spacial score (nSPS) is 18.2. The number of nitrogens with zero attached hydrogens (tertiary/aromatic N) is 3. The third-order valence-corrected chi connectivity index (χ3v) is 5.09. The van der Waals surface area contributed by atoms with Crippen LogP contribution in [0.4, 0.5) is 10.2 Å². The summed E-state index contributed by atoms with van der Waals surface area (Å²) in [5.74, 6) is 4.60. The Kier molecular flexibility index (Phi) is 9.51. The van der Waals surface area contributed by atoms with E-state index in [1.807, 2.05) is 30.6 Å². The van der Waals surface area contributed by atoms with Crippen LogP contribution in [0.1, 0.15) is 31.2 Å². The van der Waals surface area contributed by atoms with Gasteiger partial charge < -0.3 is 9.88 Å². The van der Waals surface area contributed by atoms with Crippen molar-refractivity contribution >= 4 is 22.3 Å². The number of likely N-dealkylation sites (N-methyl/N-ethyl adjacent to an activating group) is 1. The molecule has 7 heteroatoms. The third kappa shape index (κ3) is 5.90. The van der Waals surface area contributed by atoms with Gasteiger partial charge in [-0.3, -0.25) is 11.3 Å². The van der Waals surface area contributed by atoms with Gasteiger partial charge in [-0.05, 0) is 50.9 Å². The van der Waals surface area contributed by atoms with E-state index in [1.54, 1.807) is 7.05 Å². The molecule has 0 saturated carbocycles. The SMILES string of the molecule is C=C.CN(F)C1C=CC(c2c[nH]c3ncc(N4CCCCC4)cc23)=C=CC1.CNN. The lowest BCUT2D eigenvalue weighted by atomic mass is 10.1. The highest BCUT2D eigenvalue weighted by Gasteiger charge is 2.16. The highest BCUT2D eigenvalue weighted by atomic mass is 19.2. The highest BCUT2D eigenvalue weighted by Crippen LogP contribution is 2.30. The highest BCUT2D eigenvalue weighted by molar-refractivity contribution is 5.94. The van der Waals surface area contributed by atoms with Crippen molar-refractivity contribution in [3.8, 4) is 0 Å². The monoisotopic (exact) mass is 412 g/mol. The molecule has 0 spiro atoms. The standard InChI is InChI=1S/C20H23FN4.C2H4.CH6N2/c1-24(21)16-7-5-6-15(8-9-16)19-14-23-20-18(19)12-17(13-22-20)25-10-3-2-4-11-25;1-2;1-3-2/h5,8-9,12-14,16H,2-4,7,10-11H2,1H3,(H,22,23);1-2H2;3H,2H2,1H3. The number of hydrogen-bond acceptors (Lipinski definition) is 5. The Balaban J connectivity index is 0.000000590. The van der Waals surface area contributed by atoms with Gasteiger partial charge in [0.05, 0.1) is 17.9 Å². The lowest BCUT2D eigenvalue weighted by Gasteiger charge is -2.28. The van der Waals surface area contributed by atoms with E-state index >= 15 is 0 Å². The van der Waals surface area contributed by atoms with E-state index in [4.69, 9.17) is 0 Å². The van der Waals surface area contributed by atoms with Crippen molar-refractivity contribution in [1.29, 1.82) is 0 Å². The molecule has 2 aromatic heterocycles. The molecule has 162 valence electrons. The zero-order valence-electron chi connectivity index (χ0n) is 18.0. The van der Waals surface area contributed by atoms with E-state index in [9.17, 15) is 4.48 Å². The van der Waals surface area contributed by atoms with Crippen molar-refractivity contribution in [2.45, 2.75) is 31.7 Å². The van der Waals surface area contributed by atoms with Gasteiger partial charge in [-0.25, -0.2) is 4.98 Å². The summed E-state index contributed by atoms with van der Waals surface area (Å²) < 4.78 is 13.5. The van der Waals surface area contributed by atoms with Gasteiger partial charge >= 0.3 is 0 Å². The van der Waals surface area contributed by atoms with Gasteiger partial charge in [-0.15, -0.1) is 28.5 Å². The van der Waals surface area contributed by atoms with E-state index in [0.717, 1.165) is 40.4 Å². The molecule has 4 rings (SSSR count). The van der Waals surface area contributed by atoms with E-state index in [2.05, 4.69) is 51.1 Å². The van der Waals surface area contributed by atoms with Crippen molar-refractivity contribution in [2.75, 3.05) is 32.1 Å². The number of nitrogens with one attached hydrogen (secondary N) is 2. The summed E-state index contributed by atoms with van der Waals surface area (Å²) in [4.78, 5) is 10.3. The Morgan fingerprint density at radius 1 is 1.33 bits per heavy atom. The van der Waals surface area contributed by atoms with Crippen LogP contribution < -0.4 is 16.2 Å².